The summed E-state index contributed by atoms with van der Waals surface area (Å²) in [7, 11) is 0. The van der Waals surface area contributed by atoms with E-state index in [4.69, 9.17) is 10.8 Å². The third-order valence-corrected chi connectivity index (χ3v) is 2.73. The largest absolute Gasteiger partial charge is 0.481 e. The lowest BCUT2D eigenvalue weighted by atomic mass is 10.1. The van der Waals surface area contributed by atoms with Crippen LogP contribution < -0.4 is 11.1 Å². The van der Waals surface area contributed by atoms with Crippen LogP contribution in [0.15, 0.2) is 6.07 Å². The number of hydrogen-bond donors (Lipinski definition) is 3. The van der Waals surface area contributed by atoms with E-state index in [1.807, 2.05) is 13.8 Å². The third-order valence-electron chi connectivity index (χ3n) is 2.73. The summed E-state index contributed by atoms with van der Waals surface area (Å²) in [4.78, 5) is 26.3. The van der Waals surface area contributed by atoms with Crippen LogP contribution in [0, 0.1) is 19.8 Å². The minimum atomic E-state index is -0.849. The number of carboxylic acids is 1. The molecular formula is C13H19N3O3. The van der Waals surface area contributed by atoms with Crippen molar-refractivity contribution < 1.29 is 14.7 Å². The van der Waals surface area contributed by atoms with Crippen molar-refractivity contribution in [2.24, 2.45) is 11.7 Å². The number of aryl methyl sites for hydroxylation is 2. The minimum absolute atomic E-state index is 0.0592. The van der Waals surface area contributed by atoms with Gasteiger partial charge < -0.3 is 16.2 Å². The van der Waals surface area contributed by atoms with Crippen molar-refractivity contribution in [3.63, 3.8) is 0 Å². The van der Waals surface area contributed by atoms with Gasteiger partial charge in [0.2, 0.25) is 0 Å². The SMILES string of the molecule is Cc1cc(C)c(C(N)=O)c(NCC(C)CC(=O)O)n1. The maximum absolute atomic E-state index is 11.4. The summed E-state index contributed by atoms with van der Waals surface area (Å²) in [5.41, 5.74) is 7.23. The third kappa shape index (κ3) is 4.24. The quantitative estimate of drug-likeness (QED) is 0.719. The van der Waals surface area contributed by atoms with E-state index in [0.717, 1.165) is 11.3 Å². The minimum Gasteiger partial charge on any atom is -0.481 e. The van der Waals surface area contributed by atoms with Crippen molar-refractivity contribution in [3.8, 4) is 0 Å². The monoisotopic (exact) mass is 265 g/mol. The normalized spacial score (nSPS) is 11.9. The number of anilines is 1. The Morgan fingerprint density at radius 3 is 2.63 bits per heavy atom. The first-order valence-electron chi connectivity index (χ1n) is 6.05. The van der Waals surface area contributed by atoms with Crippen molar-refractivity contribution in [1.82, 2.24) is 4.98 Å². The van der Waals surface area contributed by atoms with Gasteiger partial charge in [-0.15, -0.1) is 0 Å². The number of rotatable bonds is 6. The Bertz CT molecular complexity index is 500. The van der Waals surface area contributed by atoms with E-state index in [-0.39, 0.29) is 12.3 Å². The fraction of sp³-hybridized carbons (Fsp3) is 0.462. The molecule has 6 nitrogen and oxygen atoms in total. The zero-order valence-electron chi connectivity index (χ0n) is 11.4. The second-order valence-electron chi connectivity index (χ2n) is 4.75. The van der Waals surface area contributed by atoms with E-state index in [1.54, 1.807) is 13.0 Å². The zero-order valence-corrected chi connectivity index (χ0v) is 11.4. The Hall–Kier alpha value is -2.11. The van der Waals surface area contributed by atoms with Crippen LogP contribution in [0.3, 0.4) is 0 Å². The second-order valence-corrected chi connectivity index (χ2v) is 4.75. The predicted octanol–water partition coefficient (Wildman–Crippen LogP) is 1.32. The molecule has 1 atom stereocenters. The number of nitrogens with two attached hydrogens (primary N) is 1. The lowest BCUT2D eigenvalue weighted by molar-refractivity contribution is -0.137. The molecule has 6 heteroatoms. The number of carbonyl (C=O) groups excluding carboxylic acids is 1. The summed E-state index contributed by atoms with van der Waals surface area (Å²) in [5.74, 6) is -1.04. The van der Waals surface area contributed by atoms with Gasteiger partial charge in [0.15, 0.2) is 0 Å². The number of carbonyl (C=O) groups is 2. The first-order chi connectivity index (χ1) is 8.81. The Balaban J connectivity index is 2.88. The Morgan fingerprint density at radius 2 is 2.11 bits per heavy atom. The molecule has 1 unspecified atom stereocenters. The highest BCUT2D eigenvalue weighted by Gasteiger charge is 2.15. The van der Waals surface area contributed by atoms with Crippen molar-refractivity contribution in [1.29, 1.82) is 0 Å². The molecule has 0 fully saturated rings. The van der Waals surface area contributed by atoms with Crippen LogP contribution in [0.2, 0.25) is 0 Å². The molecule has 0 aromatic carbocycles. The van der Waals surface area contributed by atoms with Crippen LogP contribution in [0.5, 0.6) is 0 Å². The van der Waals surface area contributed by atoms with E-state index >= 15 is 0 Å². The smallest absolute Gasteiger partial charge is 0.303 e. The molecule has 1 rings (SSSR count). The van der Waals surface area contributed by atoms with Gasteiger partial charge in [-0.05, 0) is 31.4 Å². The van der Waals surface area contributed by atoms with Crippen molar-refractivity contribution in [2.75, 3.05) is 11.9 Å². The van der Waals surface area contributed by atoms with Crippen molar-refractivity contribution in [3.05, 3.63) is 22.9 Å². The number of primary amides is 1. The van der Waals surface area contributed by atoms with E-state index in [1.165, 1.54) is 0 Å². The lowest BCUT2D eigenvalue weighted by Crippen LogP contribution is -2.21. The highest BCUT2D eigenvalue weighted by Crippen LogP contribution is 2.18. The molecule has 0 aliphatic heterocycles. The lowest BCUT2D eigenvalue weighted by Gasteiger charge is -2.15. The number of nitrogens with zero attached hydrogens (tertiary/aromatic N) is 1. The Morgan fingerprint density at radius 1 is 1.47 bits per heavy atom. The first kappa shape index (κ1) is 14.9. The highest BCUT2D eigenvalue weighted by molar-refractivity contribution is 5.99. The molecule has 0 saturated carbocycles. The number of aromatic nitrogens is 1. The van der Waals surface area contributed by atoms with Gasteiger partial charge in [-0.3, -0.25) is 9.59 Å². The van der Waals surface area contributed by atoms with Gasteiger partial charge in [-0.1, -0.05) is 6.92 Å². The molecule has 19 heavy (non-hydrogen) atoms. The van der Waals surface area contributed by atoms with Crippen LogP contribution in [0.1, 0.15) is 35.0 Å². The molecule has 1 aromatic rings. The summed E-state index contributed by atoms with van der Waals surface area (Å²) in [6.07, 6.45) is 0.0592. The summed E-state index contributed by atoms with van der Waals surface area (Å²) in [5, 5.41) is 11.7. The van der Waals surface area contributed by atoms with Crippen LogP contribution in [0.25, 0.3) is 0 Å². The topological polar surface area (TPSA) is 105 Å². The van der Waals surface area contributed by atoms with Gasteiger partial charge in [0.05, 0.1) is 5.56 Å². The average molecular weight is 265 g/mol. The zero-order chi connectivity index (χ0) is 14.6. The molecule has 1 heterocycles. The molecule has 0 bridgehead atoms. The van der Waals surface area contributed by atoms with Gasteiger partial charge in [-0.25, -0.2) is 4.98 Å². The van der Waals surface area contributed by atoms with Gasteiger partial charge >= 0.3 is 5.97 Å². The van der Waals surface area contributed by atoms with Crippen molar-refractivity contribution in [2.45, 2.75) is 27.2 Å². The number of nitrogens with one attached hydrogen (secondary N) is 1. The molecule has 0 aliphatic rings. The van der Waals surface area contributed by atoms with Crippen LogP contribution >= 0.6 is 0 Å². The fourth-order valence-corrected chi connectivity index (χ4v) is 1.92. The molecule has 0 radical (unpaired) electrons. The van der Waals surface area contributed by atoms with E-state index < -0.39 is 11.9 Å². The summed E-state index contributed by atoms with van der Waals surface area (Å²) < 4.78 is 0. The number of aliphatic carboxylic acids is 1. The van der Waals surface area contributed by atoms with Gasteiger partial charge in [0.1, 0.15) is 5.82 Å². The van der Waals surface area contributed by atoms with Gasteiger partial charge in [0, 0.05) is 18.7 Å². The highest BCUT2D eigenvalue weighted by atomic mass is 16.4. The number of carboxylic acid groups (broad SMARTS) is 1. The summed E-state index contributed by atoms with van der Waals surface area (Å²) >= 11 is 0. The van der Waals surface area contributed by atoms with Gasteiger partial charge in [-0.2, -0.15) is 0 Å². The Labute approximate surface area is 112 Å². The molecule has 1 amide bonds. The fourth-order valence-electron chi connectivity index (χ4n) is 1.92. The van der Waals surface area contributed by atoms with E-state index in [0.29, 0.717) is 17.9 Å². The summed E-state index contributed by atoms with van der Waals surface area (Å²) in [6.45, 7) is 5.85. The van der Waals surface area contributed by atoms with Crippen LogP contribution in [-0.2, 0) is 4.79 Å². The predicted molar refractivity (Wildman–Crippen MR) is 72.1 cm³/mol. The van der Waals surface area contributed by atoms with Gasteiger partial charge in [0.25, 0.3) is 5.91 Å². The summed E-state index contributed by atoms with van der Waals surface area (Å²) in [6, 6.07) is 1.78. The van der Waals surface area contributed by atoms with Crippen molar-refractivity contribution >= 4 is 17.7 Å². The maximum Gasteiger partial charge on any atom is 0.303 e. The number of hydrogen-bond acceptors (Lipinski definition) is 4. The second kappa shape index (κ2) is 6.17. The molecule has 0 aliphatic carbocycles. The number of amides is 1. The molecule has 4 N–H and O–H groups in total. The number of pyridine rings is 1. The van der Waals surface area contributed by atoms with E-state index in [9.17, 15) is 9.59 Å². The van der Waals surface area contributed by atoms with Crippen LogP contribution in [0.4, 0.5) is 5.82 Å². The standard InChI is InChI=1S/C13H19N3O3/c1-7(4-10(17)18)6-15-13-11(12(14)19)8(2)5-9(3)16-13/h5,7H,4,6H2,1-3H3,(H2,14,19)(H,15,16)(H,17,18). The molecular weight excluding hydrogens is 246 g/mol. The van der Waals surface area contributed by atoms with E-state index in [2.05, 4.69) is 10.3 Å². The molecule has 104 valence electrons. The molecule has 1 aromatic heterocycles. The van der Waals surface area contributed by atoms with Crippen LogP contribution in [-0.4, -0.2) is 28.5 Å². The Kier molecular flexibility index (Phi) is 4.86. The first-order valence-corrected chi connectivity index (χ1v) is 6.05. The molecule has 0 spiro atoms. The average Bonchev–Trinajstić information content (AvgIpc) is 2.23. The molecule has 0 saturated heterocycles. The maximum atomic E-state index is 11.4.